The van der Waals surface area contributed by atoms with E-state index in [1.54, 1.807) is 0 Å². The van der Waals surface area contributed by atoms with Crippen LogP contribution in [0.3, 0.4) is 0 Å². The van der Waals surface area contributed by atoms with Crippen LogP contribution in [-0.2, 0) is 0 Å². The minimum atomic E-state index is 0.570. The largest absolute Gasteiger partial charge is 0.366 e. The fourth-order valence-electron chi connectivity index (χ4n) is 2.18. The molecule has 0 saturated heterocycles. The Bertz CT molecular complexity index is 493. The quantitative estimate of drug-likeness (QED) is 0.727. The molecule has 0 saturated carbocycles. The van der Waals surface area contributed by atoms with Crippen LogP contribution in [0.1, 0.15) is 37.8 Å². The van der Waals surface area contributed by atoms with Gasteiger partial charge in [-0.05, 0) is 62.2 Å². The van der Waals surface area contributed by atoms with Crippen LogP contribution in [0.5, 0.6) is 0 Å². The summed E-state index contributed by atoms with van der Waals surface area (Å²) in [4.78, 5) is 8.49. The van der Waals surface area contributed by atoms with Crippen molar-refractivity contribution in [2.75, 3.05) is 12.0 Å². The maximum Gasteiger partial charge on any atom is 0.107 e. The minimum Gasteiger partial charge on any atom is -0.366 e. The molecule has 1 rings (SSSR count). The monoisotopic (exact) mass is 271 g/mol. The molecule has 0 radical (unpaired) electrons. The molecule has 1 aromatic carbocycles. The van der Waals surface area contributed by atoms with Crippen LogP contribution in [0.2, 0.25) is 0 Å². The number of hydrogen-bond acceptors (Lipinski definition) is 3. The molecule has 0 aliphatic carbocycles. The molecule has 1 N–H and O–H groups in total. The second kappa shape index (κ2) is 8.31. The fraction of sp³-hybridized carbons (Fsp3) is 0.412. The molecule has 1 aromatic rings. The molecule has 20 heavy (non-hydrogen) atoms. The number of rotatable bonds is 7. The first-order valence-corrected chi connectivity index (χ1v) is 7.11. The van der Waals surface area contributed by atoms with Crippen molar-refractivity contribution < 1.29 is 0 Å². The van der Waals surface area contributed by atoms with E-state index < -0.39 is 0 Å². The lowest BCUT2D eigenvalue weighted by Gasteiger charge is -2.07. The zero-order chi connectivity index (χ0) is 15.0. The van der Waals surface area contributed by atoms with Gasteiger partial charge in [0.05, 0.1) is 0 Å². The molecule has 3 heteroatoms. The van der Waals surface area contributed by atoms with E-state index in [2.05, 4.69) is 67.9 Å². The van der Waals surface area contributed by atoms with E-state index in [9.17, 15) is 0 Å². The third-order valence-corrected chi connectivity index (χ3v) is 3.12. The van der Waals surface area contributed by atoms with Crippen molar-refractivity contribution in [2.24, 2.45) is 9.98 Å². The van der Waals surface area contributed by atoms with Crippen molar-refractivity contribution in [2.45, 2.75) is 40.5 Å². The molecule has 108 valence electrons. The van der Waals surface area contributed by atoms with Crippen molar-refractivity contribution in [1.82, 2.24) is 0 Å². The Morgan fingerprint density at radius 2 is 1.80 bits per heavy atom. The molecule has 0 aliphatic rings. The molecule has 0 aliphatic heterocycles. The Kier molecular flexibility index (Phi) is 6.71. The highest BCUT2D eigenvalue weighted by atomic mass is 15.0. The number of benzene rings is 1. The Hall–Kier alpha value is -1.90. The maximum absolute atomic E-state index is 4.43. The normalized spacial score (nSPS) is 12.4. The van der Waals surface area contributed by atoms with Gasteiger partial charge in [0.25, 0.3) is 0 Å². The van der Waals surface area contributed by atoms with Crippen LogP contribution in [0.4, 0.5) is 5.69 Å². The maximum atomic E-state index is 4.43. The number of aliphatic imine (C=N–C) groups is 2. The smallest absolute Gasteiger partial charge is 0.107 e. The molecule has 0 bridgehead atoms. The van der Waals surface area contributed by atoms with Crippen LogP contribution in [0.25, 0.3) is 0 Å². The van der Waals surface area contributed by atoms with E-state index >= 15 is 0 Å². The molecule has 0 fully saturated rings. The van der Waals surface area contributed by atoms with Gasteiger partial charge in [0.2, 0.25) is 0 Å². The second-order valence-electron chi connectivity index (χ2n) is 4.86. The molecule has 0 heterocycles. The van der Waals surface area contributed by atoms with Gasteiger partial charge in [0.1, 0.15) is 6.67 Å². The van der Waals surface area contributed by atoms with Gasteiger partial charge in [-0.2, -0.15) is 0 Å². The minimum absolute atomic E-state index is 0.570. The van der Waals surface area contributed by atoms with Crippen molar-refractivity contribution in [3.05, 3.63) is 40.6 Å². The lowest BCUT2D eigenvalue weighted by molar-refractivity contribution is 1.01. The van der Waals surface area contributed by atoms with Gasteiger partial charge in [-0.1, -0.05) is 19.9 Å². The van der Waals surface area contributed by atoms with Crippen molar-refractivity contribution in [3.63, 3.8) is 0 Å². The average Bonchev–Trinajstić information content (AvgIpc) is 2.41. The molecule has 3 nitrogen and oxygen atoms in total. The van der Waals surface area contributed by atoms with Crippen LogP contribution >= 0.6 is 0 Å². The van der Waals surface area contributed by atoms with Crippen LogP contribution in [0.15, 0.2) is 39.5 Å². The molecular weight excluding hydrogens is 246 g/mol. The van der Waals surface area contributed by atoms with Gasteiger partial charge in [-0.3, -0.25) is 9.98 Å². The number of nitrogens with zero attached hydrogens (tertiary/aromatic N) is 2. The topological polar surface area (TPSA) is 36.8 Å². The summed E-state index contributed by atoms with van der Waals surface area (Å²) in [6, 6.07) is 6.42. The van der Waals surface area contributed by atoms with Gasteiger partial charge in [0.15, 0.2) is 0 Å². The second-order valence-corrected chi connectivity index (χ2v) is 4.86. The molecule has 0 spiro atoms. The highest BCUT2D eigenvalue weighted by Gasteiger charge is 1.98. The van der Waals surface area contributed by atoms with E-state index in [1.165, 1.54) is 11.1 Å². The van der Waals surface area contributed by atoms with Crippen molar-refractivity contribution in [3.8, 4) is 0 Å². The highest BCUT2D eigenvalue weighted by Crippen LogP contribution is 2.14. The molecule has 0 amide bonds. The third-order valence-electron chi connectivity index (χ3n) is 3.12. The van der Waals surface area contributed by atoms with Gasteiger partial charge in [-0.15, -0.1) is 0 Å². The lowest BCUT2D eigenvalue weighted by atomic mass is 10.1. The first kappa shape index (κ1) is 16.2. The Morgan fingerprint density at radius 1 is 1.15 bits per heavy atom. The van der Waals surface area contributed by atoms with Gasteiger partial charge in [0, 0.05) is 17.6 Å². The molecule has 0 aromatic heterocycles. The lowest BCUT2D eigenvalue weighted by Crippen LogP contribution is -2.00. The number of allylic oxidation sites excluding steroid dienone is 2. The SMILES string of the molecule is C=N/C(CC)=C(\C=N/CNc1cc(C)cc(C)c1)CC. The average molecular weight is 271 g/mol. The highest BCUT2D eigenvalue weighted by molar-refractivity contribution is 5.79. The summed E-state index contributed by atoms with van der Waals surface area (Å²) in [6.07, 6.45) is 3.72. The van der Waals surface area contributed by atoms with Crippen LogP contribution < -0.4 is 5.32 Å². The summed E-state index contributed by atoms with van der Waals surface area (Å²) in [7, 11) is 0. The predicted octanol–water partition coefficient (Wildman–Crippen LogP) is 4.52. The van der Waals surface area contributed by atoms with Gasteiger partial charge < -0.3 is 5.32 Å². The van der Waals surface area contributed by atoms with Crippen LogP contribution in [-0.4, -0.2) is 19.6 Å². The number of anilines is 1. The first-order valence-electron chi connectivity index (χ1n) is 7.11. The summed E-state index contributed by atoms with van der Waals surface area (Å²) in [5.74, 6) is 0. The summed E-state index contributed by atoms with van der Waals surface area (Å²) < 4.78 is 0. The molecule has 0 unspecified atom stereocenters. The summed E-state index contributed by atoms with van der Waals surface area (Å²) in [6.45, 7) is 12.6. The third kappa shape index (κ3) is 5.00. The van der Waals surface area contributed by atoms with Crippen molar-refractivity contribution >= 4 is 18.6 Å². The summed E-state index contributed by atoms with van der Waals surface area (Å²) >= 11 is 0. The number of nitrogens with one attached hydrogen (secondary N) is 1. The van der Waals surface area contributed by atoms with E-state index in [1.807, 2.05) is 6.21 Å². The Labute approximate surface area is 122 Å². The predicted molar refractivity (Wildman–Crippen MR) is 90.1 cm³/mol. The summed E-state index contributed by atoms with van der Waals surface area (Å²) in [5.41, 5.74) is 5.82. The number of hydrogen-bond donors (Lipinski definition) is 1. The van der Waals surface area contributed by atoms with Crippen LogP contribution in [0, 0.1) is 13.8 Å². The first-order chi connectivity index (χ1) is 9.60. The number of aryl methyl sites for hydroxylation is 2. The van der Waals surface area contributed by atoms with Crippen molar-refractivity contribution in [1.29, 1.82) is 0 Å². The molecule has 0 atom stereocenters. The van der Waals surface area contributed by atoms with Gasteiger partial charge in [-0.25, -0.2) is 0 Å². The van der Waals surface area contributed by atoms with E-state index in [4.69, 9.17) is 0 Å². The Morgan fingerprint density at radius 3 is 2.30 bits per heavy atom. The summed E-state index contributed by atoms with van der Waals surface area (Å²) in [5, 5.41) is 3.31. The zero-order valence-corrected chi connectivity index (χ0v) is 13.0. The van der Waals surface area contributed by atoms with E-state index in [-0.39, 0.29) is 0 Å². The molecular formula is C17H25N3. The zero-order valence-electron chi connectivity index (χ0n) is 13.0. The van der Waals surface area contributed by atoms with Gasteiger partial charge >= 0.3 is 0 Å². The van der Waals surface area contributed by atoms with E-state index in [0.717, 1.165) is 29.8 Å². The van der Waals surface area contributed by atoms with E-state index in [0.29, 0.717) is 6.67 Å². The Balaban J connectivity index is 2.65. The fourth-order valence-corrected chi connectivity index (χ4v) is 2.18. The standard InChI is InChI=1S/C17H25N3/c1-6-15(17(7-2)18-5)11-19-12-20-16-9-13(3)8-14(4)10-16/h8-11,20H,5-7,12H2,1-4H3/b17-15-,19-11-.